The summed E-state index contributed by atoms with van der Waals surface area (Å²) in [6.45, 7) is 2.55. The molecule has 0 bridgehead atoms. The molecule has 0 aliphatic heterocycles. The Kier molecular flexibility index (Phi) is 5.26. The molecule has 2 N–H and O–H groups in total. The Morgan fingerprint density at radius 3 is 2.67 bits per heavy atom. The highest BCUT2D eigenvalue weighted by Crippen LogP contribution is 2.07. The fraction of sp³-hybridized carbons (Fsp3) is 0.417. The van der Waals surface area contributed by atoms with Crippen molar-refractivity contribution in [2.24, 2.45) is 0 Å². The molecule has 18 heavy (non-hydrogen) atoms. The highest BCUT2D eigenvalue weighted by Gasteiger charge is 2.16. The Morgan fingerprint density at radius 2 is 2.11 bits per heavy atom. The second-order valence-corrected chi connectivity index (χ2v) is 3.75. The molecule has 0 saturated heterocycles. The van der Waals surface area contributed by atoms with Gasteiger partial charge in [-0.15, -0.1) is 0 Å². The molecule has 0 atom stereocenters. The topological polar surface area (TPSA) is 90.7 Å². The maximum atomic E-state index is 12.1. The van der Waals surface area contributed by atoms with E-state index in [1.807, 2.05) is 6.92 Å². The third kappa shape index (κ3) is 3.53. The second kappa shape index (κ2) is 6.70. The number of aromatic carboxylic acids is 1. The molecule has 1 aromatic heterocycles. The van der Waals surface area contributed by atoms with Gasteiger partial charge in [-0.3, -0.25) is 4.79 Å². The first kappa shape index (κ1) is 14.1. The lowest BCUT2D eigenvalue weighted by atomic mass is 10.2. The van der Waals surface area contributed by atoms with Crippen molar-refractivity contribution in [3.8, 4) is 0 Å². The Labute approximate surface area is 105 Å². The third-order valence-electron chi connectivity index (χ3n) is 2.38. The maximum Gasteiger partial charge on any atom is 0.354 e. The average Bonchev–Trinajstić information content (AvgIpc) is 2.38. The Balaban J connectivity index is 2.93. The van der Waals surface area contributed by atoms with E-state index in [1.54, 1.807) is 0 Å². The number of nitrogens with zero attached hydrogens (tertiary/aromatic N) is 2. The predicted molar refractivity (Wildman–Crippen MR) is 64.5 cm³/mol. The molecule has 0 radical (unpaired) electrons. The highest BCUT2D eigenvalue weighted by molar-refractivity contribution is 5.96. The first-order valence-corrected chi connectivity index (χ1v) is 5.69. The minimum Gasteiger partial charge on any atom is -0.477 e. The van der Waals surface area contributed by atoms with Crippen molar-refractivity contribution >= 4 is 11.9 Å². The number of aromatic nitrogens is 1. The summed E-state index contributed by atoms with van der Waals surface area (Å²) in [6, 6.07) is 2.71. The van der Waals surface area contributed by atoms with E-state index in [0.717, 1.165) is 6.42 Å². The number of aliphatic hydroxyl groups is 1. The number of amides is 1. The number of hydrogen-bond acceptors (Lipinski definition) is 4. The summed E-state index contributed by atoms with van der Waals surface area (Å²) in [5.74, 6) is -1.47. The van der Waals surface area contributed by atoms with Crippen molar-refractivity contribution in [3.63, 3.8) is 0 Å². The van der Waals surface area contributed by atoms with Crippen molar-refractivity contribution in [2.75, 3.05) is 19.7 Å². The molecule has 0 aliphatic rings. The minimum atomic E-state index is -1.17. The van der Waals surface area contributed by atoms with Gasteiger partial charge in [0.25, 0.3) is 5.91 Å². The molecule has 0 aromatic carbocycles. The number of carbonyl (C=O) groups excluding carboxylic acids is 1. The van der Waals surface area contributed by atoms with Crippen LogP contribution in [-0.2, 0) is 0 Å². The van der Waals surface area contributed by atoms with Gasteiger partial charge in [0, 0.05) is 24.8 Å². The van der Waals surface area contributed by atoms with E-state index < -0.39 is 5.97 Å². The Morgan fingerprint density at radius 1 is 1.39 bits per heavy atom. The quantitative estimate of drug-likeness (QED) is 0.774. The van der Waals surface area contributed by atoms with Crippen LogP contribution >= 0.6 is 0 Å². The first-order chi connectivity index (χ1) is 8.60. The van der Waals surface area contributed by atoms with Crippen molar-refractivity contribution < 1.29 is 19.8 Å². The number of carboxylic acid groups (broad SMARTS) is 1. The van der Waals surface area contributed by atoms with Crippen LogP contribution in [0.3, 0.4) is 0 Å². The number of hydrogen-bond donors (Lipinski definition) is 2. The molecule has 0 unspecified atom stereocenters. The van der Waals surface area contributed by atoms with E-state index in [-0.39, 0.29) is 30.3 Å². The normalized spacial score (nSPS) is 10.1. The SMILES string of the molecule is CCCN(CCO)C(=O)c1ccnc(C(=O)O)c1. The Bertz CT molecular complexity index is 428. The molecular weight excluding hydrogens is 236 g/mol. The predicted octanol–water partition coefficient (Wildman–Crippen LogP) is 0.624. The molecule has 6 heteroatoms. The van der Waals surface area contributed by atoms with Crippen molar-refractivity contribution in [1.82, 2.24) is 9.88 Å². The molecule has 98 valence electrons. The van der Waals surface area contributed by atoms with E-state index in [9.17, 15) is 9.59 Å². The molecule has 0 fully saturated rings. The lowest BCUT2D eigenvalue weighted by Gasteiger charge is -2.21. The number of carboxylic acids is 1. The molecule has 1 aromatic rings. The van der Waals surface area contributed by atoms with Crippen LogP contribution in [0.1, 0.15) is 34.2 Å². The van der Waals surface area contributed by atoms with Crippen LogP contribution in [0.5, 0.6) is 0 Å². The second-order valence-electron chi connectivity index (χ2n) is 3.75. The van der Waals surface area contributed by atoms with Crippen LogP contribution in [0.25, 0.3) is 0 Å². The molecule has 6 nitrogen and oxygen atoms in total. The van der Waals surface area contributed by atoms with E-state index in [4.69, 9.17) is 10.2 Å². The van der Waals surface area contributed by atoms with E-state index >= 15 is 0 Å². The number of aliphatic hydroxyl groups excluding tert-OH is 1. The lowest BCUT2D eigenvalue weighted by molar-refractivity contribution is 0.0690. The zero-order valence-electron chi connectivity index (χ0n) is 10.2. The van der Waals surface area contributed by atoms with Crippen LogP contribution < -0.4 is 0 Å². The van der Waals surface area contributed by atoms with Crippen molar-refractivity contribution in [2.45, 2.75) is 13.3 Å². The standard InChI is InChI=1S/C12H16N2O4/c1-2-5-14(6-7-15)11(16)9-3-4-13-10(8-9)12(17)18/h3-4,8,15H,2,5-7H2,1H3,(H,17,18). The van der Waals surface area contributed by atoms with Crippen LogP contribution in [-0.4, -0.2) is 51.7 Å². The monoisotopic (exact) mass is 252 g/mol. The number of rotatable bonds is 6. The first-order valence-electron chi connectivity index (χ1n) is 5.69. The number of carbonyl (C=O) groups is 2. The van der Waals surface area contributed by atoms with E-state index in [2.05, 4.69) is 4.98 Å². The molecule has 0 spiro atoms. The molecule has 1 heterocycles. The van der Waals surface area contributed by atoms with Crippen LogP contribution in [0.2, 0.25) is 0 Å². The molecular formula is C12H16N2O4. The third-order valence-corrected chi connectivity index (χ3v) is 2.38. The van der Waals surface area contributed by atoms with Crippen LogP contribution in [0.4, 0.5) is 0 Å². The van der Waals surface area contributed by atoms with Gasteiger partial charge in [-0.05, 0) is 18.6 Å². The summed E-state index contributed by atoms with van der Waals surface area (Å²) in [6.07, 6.45) is 2.06. The van der Waals surface area contributed by atoms with E-state index in [0.29, 0.717) is 6.54 Å². The zero-order valence-corrected chi connectivity index (χ0v) is 10.2. The van der Waals surface area contributed by atoms with Crippen LogP contribution in [0, 0.1) is 0 Å². The number of pyridine rings is 1. The fourth-order valence-corrected chi connectivity index (χ4v) is 1.57. The van der Waals surface area contributed by atoms with Gasteiger partial charge in [0.1, 0.15) is 5.69 Å². The minimum absolute atomic E-state index is 0.122. The molecule has 1 amide bonds. The summed E-state index contributed by atoms with van der Waals surface area (Å²) in [7, 11) is 0. The summed E-state index contributed by atoms with van der Waals surface area (Å²) in [5, 5.41) is 17.7. The van der Waals surface area contributed by atoms with Crippen molar-refractivity contribution in [1.29, 1.82) is 0 Å². The van der Waals surface area contributed by atoms with Gasteiger partial charge >= 0.3 is 5.97 Å². The van der Waals surface area contributed by atoms with E-state index in [1.165, 1.54) is 23.2 Å². The van der Waals surface area contributed by atoms with Crippen LogP contribution in [0.15, 0.2) is 18.3 Å². The largest absolute Gasteiger partial charge is 0.477 e. The molecule has 1 rings (SSSR count). The summed E-state index contributed by atoms with van der Waals surface area (Å²) < 4.78 is 0. The average molecular weight is 252 g/mol. The highest BCUT2D eigenvalue weighted by atomic mass is 16.4. The van der Waals surface area contributed by atoms with Gasteiger partial charge in [0.05, 0.1) is 6.61 Å². The molecule has 0 saturated carbocycles. The summed E-state index contributed by atoms with van der Waals surface area (Å²) in [4.78, 5) is 28.0. The van der Waals surface area contributed by atoms with Gasteiger partial charge in [0.15, 0.2) is 0 Å². The zero-order chi connectivity index (χ0) is 13.5. The van der Waals surface area contributed by atoms with Gasteiger partial charge < -0.3 is 15.1 Å². The summed E-state index contributed by atoms with van der Waals surface area (Å²) in [5.41, 5.74) is 0.102. The fourth-order valence-electron chi connectivity index (χ4n) is 1.57. The van der Waals surface area contributed by atoms with Gasteiger partial charge in [-0.1, -0.05) is 6.92 Å². The van der Waals surface area contributed by atoms with Gasteiger partial charge in [0.2, 0.25) is 0 Å². The van der Waals surface area contributed by atoms with Crippen molar-refractivity contribution in [3.05, 3.63) is 29.6 Å². The van der Waals surface area contributed by atoms with Gasteiger partial charge in [-0.2, -0.15) is 0 Å². The lowest BCUT2D eigenvalue weighted by Crippen LogP contribution is -2.34. The molecule has 0 aliphatic carbocycles. The Hall–Kier alpha value is -1.95. The maximum absolute atomic E-state index is 12.1. The van der Waals surface area contributed by atoms with Gasteiger partial charge in [-0.25, -0.2) is 9.78 Å². The smallest absolute Gasteiger partial charge is 0.354 e. The summed E-state index contributed by atoms with van der Waals surface area (Å²) >= 11 is 0.